The van der Waals surface area contributed by atoms with E-state index < -0.39 is 0 Å². The van der Waals surface area contributed by atoms with E-state index in [1.807, 2.05) is 30.5 Å². The summed E-state index contributed by atoms with van der Waals surface area (Å²) in [7, 11) is 0. The van der Waals surface area contributed by atoms with Crippen molar-refractivity contribution < 1.29 is 5.11 Å². The van der Waals surface area contributed by atoms with Crippen molar-refractivity contribution >= 4 is 32.5 Å². The predicted octanol–water partition coefficient (Wildman–Crippen LogP) is 7.23. The largest absolute Gasteiger partial charge is 0.507 e. The number of phenols is 1. The number of thiazole rings is 1. The second kappa shape index (κ2) is 7.88. The van der Waals surface area contributed by atoms with Crippen LogP contribution in [0.5, 0.6) is 5.75 Å². The number of phenolic OH excluding ortho intramolecular Hbond substituents is 1. The Morgan fingerprint density at radius 1 is 0.867 bits per heavy atom. The molecule has 0 radical (unpaired) electrons. The highest BCUT2D eigenvalue weighted by Crippen LogP contribution is 2.40. The Kier molecular flexibility index (Phi) is 4.93. The Morgan fingerprint density at radius 3 is 2.57 bits per heavy atom. The summed E-state index contributed by atoms with van der Waals surface area (Å²) in [6, 6.07) is 22.3. The predicted molar refractivity (Wildman–Crippen MR) is 126 cm³/mol. The van der Waals surface area contributed by atoms with Gasteiger partial charge in [-0.25, -0.2) is 4.98 Å². The first-order chi connectivity index (χ1) is 14.7. The highest BCUT2D eigenvalue weighted by atomic mass is 32.1. The van der Waals surface area contributed by atoms with Gasteiger partial charge in [0.05, 0.1) is 21.3 Å². The molecule has 0 atom stereocenters. The van der Waals surface area contributed by atoms with Crippen molar-refractivity contribution in [3.8, 4) is 27.4 Å². The maximum atomic E-state index is 10.3. The fourth-order valence-corrected chi connectivity index (χ4v) is 5.00. The van der Waals surface area contributed by atoms with Crippen LogP contribution in [-0.4, -0.2) is 15.1 Å². The maximum absolute atomic E-state index is 10.3. The van der Waals surface area contributed by atoms with E-state index in [1.54, 1.807) is 17.4 Å². The minimum atomic E-state index is 0.260. The molecule has 2 aromatic heterocycles. The smallest absolute Gasteiger partial charge is 0.128 e. The number of rotatable bonds is 5. The molecule has 3 aromatic carbocycles. The molecule has 0 aliphatic carbocycles. The highest BCUT2D eigenvalue weighted by Gasteiger charge is 2.16. The van der Waals surface area contributed by atoms with Gasteiger partial charge in [0.1, 0.15) is 10.8 Å². The van der Waals surface area contributed by atoms with E-state index in [0.717, 1.165) is 62.1 Å². The first kappa shape index (κ1) is 18.8. The zero-order chi connectivity index (χ0) is 20.5. The number of hydrogen-bond donors (Lipinski definition) is 1. The molecular weight excluding hydrogens is 388 g/mol. The fourth-order valence-electron chi connectivity index (χ4n) is 3.91. The second-order valence-corrected chi connectivity index (χ2v) is 8.54. The molecule has 0 aliphatic rings. The molecule has 0 fully saturated rings. The summed E-state index contributed by atoms with van der Waals surface area (Å²) < 4.78 is 1.14. The number of para-hydroxylation sites is 2. The maximum Gasteiger partial charge on any atom is 0.128 e. The van der Waals surface area contributed by atoms with Crippen molar-refractivity contribution in [2.75, 3.05) is 0 Å². The molecule has 148 valence electrons. The molecule has 0 unspecified atom stereocenters. The van der Waals surface area contributed by atoms with Gasteiger partial charge in [-0.05, 0) is 48.7 Å². The monoisotopic (exact) mass is 410 g/mol. The second-order valence-electron chi connectivity index (χ2n) is 7.51. The Labute approximate surface area is 179 Å². The van der Waals surface area contributed by atoms with Crippen LogP contribution in [-0.2, 0) is 6.42 Å². The Bertz CT molecular complexity index is 1350. The van der Waals surface area contributed by atoms with Crippen molar-refractivity contribution in [1.29, 1.82) is 0 Å². The van der Waals surface area contributed by atoms with Gasteiger partial charge in [-0.15, -0.1) is 11.3 Å². The first-order valence-corrected chi connectivity index (χ1v) is 11.1. The van der Waals surface area contributed by atoms with Gasteiger partial charge in [0.25, 0.3) is 0 Å². The van der Waals surface area contributed by atoms with Crippen LogP contribution in [0.25, 0.3) is 42.8 Å². The quantitative estimate of drug-likeness (QED) is 0.332. The number of aromatic nitrogens is 2. The van der Waals surface area contributed by atoms with Crippen LogP contribution in [0.1, 0.15) is 25.3 Å². The molecule has 0 saturated heterocycles. The normalized spacial score (nSPS) is 11.4. The van der Waals surface area contributed by atoms with Crippen molar-refractivity contribution in [2.24, 2.45) is 0 Å². The van der Waals surface area contributed by atoms with E-state index in [4.69, 9.17) is 4.98 Å². The van der Waals surface area contributed by atoms with Gasteiger partial charge < -0.3 is 5.11 Å². The van der Waals surface area contributed by atoms with Crippen LogP contribution in [0.4, 0.5) is 0 Å². The minimum absolute atomic E-state index is 0.260. The number of nitrogens with zero attached hydrogens (tertiary/aromatic N) is 2. The van der Waals surface area contributed by atoms with Crippen LogP contribution in [0.15, 0.2) is 72.9 Å². The third-order valence-corrected chi connectivity index (χ3v) is 6.47. The third kappa shape index (κ3) is 3.33. The summed E-state index contributed by atoms with van der Waals surface area (Å²) in [5.74, 6) is 0.260. The van der Waals surface area contributed by atoms with Crippen LogP contribution < -0.4 is 0 Å². The van der Waals surface area contributed by atoms with Gasteiger partial charge in [-0.1, -0.05) is 49.7 Å². The van der Waals surface area contributed by atoms with E-state index in [0.29, 0.717) is 0 Å². The lowest BCUT2D eigenvalue weighted by molar-refractivity contribution is 0.477. The van der Waals surface area contributed by atoms with Crippen LogP contribution in [0.3, 0.4) is 0 Å². The molecule has 1 N–H and O–H groups in total. The number of aryl methyl sites for hydroxylation is 1. The molecule has 0 saturated carbocycles. The molecule has 30 heavy (non-hydrogen) atoms. The average Bonchev–Trinajstić information content (AvgIpc) is 3.21. The third-order valence-electron chi connectivity index (χ3n) is 5.43. The molecule has 2 heterocycles. The molecule has 0 spiro atoms. The van der Waals surface area contributed by atoms with Crippen LogP contribution in [0, 0.1) is 0 Å². The Hall–Kier alpha value is -3.24. The van der Waals surface area contributed by atoms with Crippen molar-refractivity contribution in [3.05, 3.63) is 78.5 Å². The molecular formula is C26H22N2OS. The summed E-state index contributed by atoms with van der Waals surface area (Å²) >= 11 is 1.63. The average molecular weight is 411 g/mol. The summed E-state index contributed by atoms with van der Waals surface area (Å²) in [5.41, 5.74) is 6.27. The van der Waals surface area contributed by atoms with Gasteiger partial charge in [-0.2, -0.15) is 0 Å². The van der Waals surface area contributed by atoms with Crippen LogP contribution >= 0.6 is 11.3 Å². The summed E-state index contributed by atoms with van der Waals surface area (Å²) in [4.78, 5) is 9.65. The molecule has 4 heteroatoms. The summed E-state index contributed by atoms with van der Waals surface area (Å²) in [5, 5.41) is 12.3. The number of unbranched alkanes of at least 4 members (excludes halogenated alkanes) is 1. The van der Waals surface area contributed by atoms with E-state index in [9.17, 15) is 5.11 Å². The number of aromatic hydroxyl groups is 1. The van der Waals surface area contributed by atoms with Crippen molar-refractivity contribution in [2.45, 2.75) is 26.2 Å². The van der Waals surface area contributed by atoms with E-state index in [1.165, 1.54) is 5.56 Å². The SMILES string of the molecule is CCCCc1cc(-c2cccc3cccnc23)c2nc(-c3ccccc3O)sc2c1. The summed E-state index contributed by atoms with van der Waals surface area (Å²) in [6.45, 7) is 2.22. The minimum Gasteiger partial charge on any atom is -0.507 e. The zero-order valence-electron chi connectivity index (χ0n) is 16.8. The van der Waals surface area contributed by atoms with Gasteiger partial charge in [0.15, 0.2) is 0 Å². The number of benzene rings is 3. The van der Waals surface area contributed by atoms with E-state index in [2.05, 4.69) is 48.3 Å². The van der Waals surface area contributed by atoms with Gasteiger partial charge >= 0.3 is 0 Å². The molecule has 0 aliphatic heterocycles. The molecule has 0 bridgehead atoms. The first-order valence-electron chi connectivity index (χ1n) is 10.3. The summed E-state index contributed by atoms with van der Waals surface area (Å²) in [6.07, 6.45) is 5.21. The number of hydrogen-bond acceptors (Lipinski definition) is 4. The molecule has 0 amide bonds. The van der Waals surface area contributed by atoms with Crippen molar-refractivity contribution in [3.63, 3.8) is 0 Å². The van der Waals surface area contributed by atoms with Crippen molar-refractivity contribution in [1.82, 2.24) is 9.97 Å². The van der Waals surface area contributed by atoms with E-state index in [-0.39, 0.29) is 5.75 Å². The lowest BCUT2D eigenvalue weighted by Crippen LogP contribution is -1.90. The van der Waals surface area contributed by atoms with Gasteiger partial charge in [-0.3, -0.25) is 4.98 Å². The molecule has 5 rings (SSSR count). The van der Waals surface area contributed by atoms with Crippen LogP contribution in [0.2, 0.25) is 0 Å². The zero-order valence-corrected chi connectivity index (χ0v) is 17.6. The Morgan fingerprint density at radius 2 is 1.70 bits per heavy atom. The van der Waals surface area contributed by atoms with Gasteiger partial charge in [0.2, 0.25) is 0 Å². The lowest BCUT2D eigenvalue weighted by Gasteiger charge is -2.09. The fraction of sp³-hybridized carbons (Fsp3) is 0.154. The Balaban J connectivity index is 1.78. The molecule has 3 nitrogen and oxygen atoms in total. The topological polar surface area (TPSA) is 46.0 Å². The number of pyridine rings is 1. The highest BCUT2D eigenvalue weighted by molar-refractivity contribution is 7.21. The van der Waals surface area contributed by atoms with Gasteiger partial charge in [0, 0.05) is 22.7 Å². The standard InChI is InChI=1S/C26H22N2OS/c1-2-3-8-17-15-21(19-12-6-9-18-10-7-14-27-24(18)19)25-23(16-17)30-26(28-25)20-11-4-5-13-22(20)29/h4-7,9-16,29H,2-3,8H2,1H3. The number of fused-ring (bicyclic) bond motifs is 2. The van der Waals surface area contributed by atoms with E-state index >= 15 is 0 Å². The molecule has 5 aromatic rings. The lowest BCUT2D eigenvalue weighted by atomic mass is 9.97.